The molecule has 0 amide bonds. The topological polar surface area (TPSA) is 12.0 Å². The van der Waals surface area contributed by atoms with Gasteiger partial charge in [0.2, 0.25) is 0 Å². The molecule has 1 N–H and O–H groups in total. The van der Waals surface area contributed by atoms with Crippen LogP contribution in [-0.4, -0.2) is 6.04 Å². The smallest absolute Gasteiger partial charge is 0.0346 e. The molecule has 0 aliphatic carbocycles. The van der Waals surface area contributed by atoms with Crippen LogP contribution in [0.25, 0.3) is 10.1 Å². The summed E-state index contributed by atoms with van der Waals surface area (Å²) in [6.45, 7) is 6.89. The standard InChI is InChI=1S/C14H17NS/c1-3-6-11(2)15-9-12-10-16-14-8-5-4-7-13(12)14/h3-5,7-8,10-11,15H,1,6,9H2,2H3. The van der Waals surface area contributed by atoms with Crippen LogP contribution in [-0.2, 0) is 6.54 Å². The fourth-order valence-electron chi connectivity index (χ4n) is 1.79. The van der Waals surface area contributed by atoms with Crippen molar-refractivity contribution in [2.45, 2.75) is 25.9 Å². The van der Waals surface area contributed by atoms with Gasteiger partial charge in [0.1, 0.15) is 0 Å². The maximum atomic E-state index is 3.76. The lowest BCUT2D eigenvalue weighted by Gasteiger charge is -2.10. The number of thiophene rings is 1. The Labute approximate surface area is 101 Å². The second-order valence-corrected chi connectivity index (χ2v) is 4.97. The molecular formula is C14H17NS. The van der Waals surface area contributed by atoms with E-state index in [-0.39, 0.29) is 0 Å². The van der Waals surface area contributed by atoms with Crippen molar-refractivity contribution in [2.75, 3.05) is 0 Å². The summed E-state index contributed by atoms with van der Waals surface area (Å²) in [7, 11) is 0. The first-order chi connectivity index (χ1) is 7.81. The van der Waals surface area contributed by atoms with Gasteiger partial charge in [-0.05, 0) is 35.7 Å². The lowest BCUT2D eigenvalue weighted by Crippen LogP contribution is -2.24. The van der Waals surface area contributed by atoms with Crippen molar-refractivity contribution in [2.24, 2.45) is 0 Å². The summed E-state index contributed by atoms with van der Waals surface area (Å²) >= 11 is 1.82. The summed E-state index contributed by atoms with van der Waals surface area (Å²) < 4.78 is 1.37. The van der Waals surface area contributed by atoms with Crippen LogP contribution in [0, 0.1) is 0 Å². The second kappa shape index (κ2) is 5.28. The van der Waals surface area contributed by atoms with Crippen molar-refractivity contribution in [3.05, 3.63) is 47.9 Å². The molecule has 1 aromatic carbocycles. The Morgan fingerprint density at radius 1 is 1.44 bits per heavy atom. The third-order valence-corrected chi connectivity index (χ3v) is 3.73. The van der Waals surface area contributed by atoms with Crippen molar-refractivity contribution in [3.63, 3.8) is 0 Å². The van der Waals surface area contributed by atoms with Crippen LogP contribution in [0.2, 0.25) is 0 Å². The molecule has 0 spiro atoms. The highest BCUT2D eigenvalue weighted by molar-refractivity contribution is 7.17. The minimum Gasteiger partial charge on any atom is -0.310 e. The number of nitrogens with one attached hydrogen (secondary N) is 1. The van der Waals surface area contributed by atoms with Gasteiger partial charge in [-0.3, -0.25) is 0 Å². The van der Waals surface area contributed by atoms with Gasteiger partial charge >= 0.3 is 0 Å². The molecular weight excluding hydrogens is 214 g/mol. The molecule has 1 nitrogen and oxygen atoms in total. The van der Waals surface area contributed by atoms with Crippen molar-refractivity contribution in [3.8, 4) is 0 Å². The van der Waals surface area contributed by atoms with Crippen LogP contribution in [0.1, 0.15) is 18.9 Å². The van der Waals surface area contributed by atoms with Crippen molar-refractivity contribution >= 4 is 21.4 Å². The van der Waals surface area contributed by atoms with E-state index in [1.807, 2.05) is 17.4 Å². The average Bonchev–Trinajstić information content (AvgIpc) is 2.70. The molecule has 0 fully saturated rings. The molecule has 1 unspecified atom stereocenters. The Morgan fingerprint density at radius 3 is 3.06 bits per heavy atom. The summed E-state index contributed by atoms with van der Waals surface area (Å²) in [4.78, 5) is 0. The predicted molar refractivity (Wildman–Crippen MR) is 72.9 cm³/mol. The zero-order valence-electron chi connectivity index (χ0n) is 9.57. The van der Waals surface area contributed by atoms with Crippen molar-refractivity contribution in [1.29, 1.82) is 0 Å². The third-order valence-electron chi connectivity index (χ3n) is 2.72. The maximum Gasteiger partial charge on any atom is 0.0346 e. The van der Waals surface area contributed by atoms with Crippen LogP contribution in [0.3, 0.4) is 0 Å². The zero-order valence-corrected chi connectivity index (χ0v) is 10.4. The Balaban J connectivity index is 2.07. The summed E-state index contributed by atoms with van der Waals surface area (Å²) in [5.74, 6) is 0. The maximum absolute atomic E-state index is 3.76. The number of rotatable bonds is 5. The van der Waals surface area contributed by atoms with Gasteiger partial charge in [0, 0.05) is 17.3 Å². The first-order valence-corrected chi connectivity index (χ1v) is 6.48. The number of fused-ring (bicyclic) bond motifs is 1. The highest BCUT2D eigenvalue weighted by Gasteiger charge is 2.04. The molecule has 16 heavy (non-hydrogen) atoms. The Kier molecular flexibility index (Phi) is 3.75. The van der Waals surface area contributed by atoms with Gasteiger partial charge in [-0.1, -0.05) is 24.3 Å². The first-order valence-electron chi connectivity index (χ1n) is 5.60. The molecule has 2 heteroatoms. The van der Waals surface area contributed by atoms with Gasteiger partial charge < -0.3 is 5.32 Å². The molecule has 1 heterocycles. The highest BCUT2D eigenvalue weighted by Crippen LogP contribution is 2.25. The summed E-state index contributed by atoms with van der Waals surface area (Å²) in [6, 6.07) is 9.07. The SMILES string of the molecule is C=CCC(C)NCc1csc2ccccc12. The first kappa shape index (κ1) is 11.4. The van der Waals surface area contributed by atoms with E-state index in [0.717, 1.165) is 13.0 Å². The number of hydrogen-bond donors (Lipinski definition) is 1. The number of hydrogen-bond acceptors (Lipinski definition) is 2. The molecule has 0 aliphatic heterocycles. The third kappa shape index (κ3) is 2.52. The average molecular weight is 231 g/mol. The molecule has 0 radical (unpaired) electrons. The zero-order chi connectivity index (χ0) is 11.4. The van der Waals surface area contributed by atoms with E-state index in [1.54, 1.807) is 0 Å². The fraction of sp³-hybridized carbons (Fsp3) is 0.286. The van der Waals surface area contributed by atoms with Gasteiger partial charge in [-0.25, -0.2) is 0 Å². The molecule has 1 aromatic heterocycles. The van der Waals surface area contributed by atoms with Gasteiger partial charge in [0.25, 0.3) is 0 Å². The van der Waals surface area contributed by atoms with Gasteiger partial charge in [0.05, 0.1) is 0 Å². The highest BCUT2D eigenvalue weighted by atomic mass is 32.1. The van der Waals surface area contributed by atoms with Gasteiger partial charge in [-0.2, -0.15) is 0 Å². The summed E-state index contributed by atoms with van der Waals surface area (Å²) in [5.41, 5.74) is 1.40. The molecule has 1 atom stereocenters. The molecule has 0 bridgehead atoms. The number of benzene rings is 1. The van der Waals surface area contributed by atoms with Crippen LogP contribution in [0.15, 0.2) is 42.3 Å². The monoisotopic (exact) mass is 231 g/mol. The van der Waals surface area contributed by atoms with E-state index in [4.69, 9.17) is 0 Å². The van der Waals surface area contributed by atoms with E-state index in [9.17, 15) is 0 Å². The molecule has 2 aromatic rings. The van der Waals surface area contributed by atoms with E-state index in [2.05, 4.69) is 48.5 Å². The lowest BCUT2D eigenvalue weighted by atomic mass is 10.1. The molecule has 84 valence electrons. The van der Waals surface area contributed by atoms with Crippen molar-refractivity contribution < 1.29 is 0 Å². The Bertz CT molecular complexity index is 472. The fourth-order valence-corrected chi connectivity index (χ4v) is 2.75. The lowest BCUT2D eigenvalue weighted by molar-refractivity contribution is 0.556. The van der Waals surface area contributed by atoms with Gasteiger partial charge in [-0.15, -0.1) is 17.9 Å². The van der Waals surface area contributed by atoms with E-state index in [1.165, 1.54) is 15.6 Å². The van der Waals surface area contributed by atoms with E-state index < -0.39 is 0 Å². The van der Waals surface area contributed by atoms with Crippen LogP contribution < -0.4 is 5.32 Å². The molecule has 0 saturated carbocycles. The Hall–Kier alpha value is -1.12. The van der Waals surface area contributed by atoms with Crippen LogP contribution >= 0.6 is 11.3 Å². The Morgan fingerprint density at radius 2 is 2.25 bits per heavy atom. The predicted octanol–water partition coefficient (Wildman–Crippen LogP) is 3.96. The summed E-state index contributed by atoms with van der Waals surface area (Å²) in [6.07, 6.45) is 2.98. The molecule has 0 saturated heterocycles. The minimum absolute atomic E-state index is 0.496. The van der Waals surface area contributed by atoms with Crippen molar-refractivity contribution in [1.82, 2.24) is 5.32 Å². The minimum atomic E-state index is 0.496. The van der Waals surface area contributed by atoms with Gasteiger partial charge in [0.15, 0.2) is 0 Å². The van der Waals surface area contributed by atoms with E-state index >= 15 is 0 Å². The molecule has 0 aliphatic rings. The van der Waals surface area contributed by atoms with Crippen LogP contribution in [0.5, 0.6) is 0 Å². The van der Waals surface area contributed by atoms with Crippen LogP contribution in [0.4, 0.5) is 0 Å². The van der Waals surface area contributed by atoms with E-state index in [0.29, 0.717) is 6.04 Å². The molecule has 2 rings (SSSR count). The normalized spacial score (nSPS) is 12.8. The largest absolute Gasteiger partial charge is 0.310 e. The second-order valence-electron chi connectivity index (χ2n) is 4.06. The quantitative estimate of drug-likeness (QED) is 0.768. The summed E-state index contributed by atoms with van der Waals surface area (Å²) in [5, 5.41) is 7.14.